The Morgan fingerprint density at radius 1 is 1.12 bits per heavy atom. The monoisotopic (exact) mass is 384 g/mol. The molecular formula is C17H15F3N2O3S. The summed E-state index contributed by atoms with van der Waals surface area (Å²) in [4.78, 5) is 11.5. The Bertz CT molecular complexity index is 925. The Morgan fingerprint density at radius 2 is 1.81 bits per heavy atom. The van der Waals surface area contributed by atoms with Gasteiger partial charge in [-0.3, -0.25) is 9.52 Å². The van der Waals surface area contributed by atoms with E-state index in [1.165, 1.54) is 30.3 Å². The largest absolute Gasteiger partial charge is 0.416 e. The van der Waals surface area contributed by atoms with Crippen LogP contribution in [-0.4, -0.2) is 20.9 Å². The van der Waals surface area contributed by atoms with Crippen molar-refractivity contribution in [3.05, 3.63) is 72.3 Å². The van der Waals surface area contributed by atoms with E-state index in [1.54, 1.807) is 0 Å². The van der Waals surface area contributed by atoms with Crippen molar-refractivity contribution in [2.75, 3.05) is 11.3 Å². The van der Waals surface area contributed by atoms with Gasteiger partial charge in [0, 0.05) is 6.54 Å². The molecule has 5 nitrogen and oxygen atoms in total. The smallest absolute Gasteiger partial charge is 0.349 e. The third-order valence-electron chi connectivity index (χ3n) is 3.29. The fourth-order valence-corrected chi connectivity index (χ4v) is 3.20. The molecule has 2 N–H and O–H groups in total. The first-order valence-electron chi connectivity index (χ1n) is 7.33. The maximum absolute atomic E-state index is 12.8. The van der Waals surface area contributed by atoms with Crippen LogP contribution in [0.15, 0.2) is 66.1 Å². The number of halogens is 3. The van der Waals surface area contributed by atoms with Crippen LogP contribution in [0.4, 0.5) is 18.9 Å². The van der Waals surface area contributed by atoms with E-state index in [9.17, 15) is 26.4 Å². The number of hydrogen-bond acceptors (Lipinski definition) is 3. The van der Waals surface area contributed by atoms with Gasteiger partial charge < -0.3 is 5.32 Å². The van der Waals surface area contributed by atoms with Crippen molar-refractivity contribution < 1.29 is 26.4 Å². The van der Waals surface area contributed by atoms with E-state index >= 15 is 0 Å². The van der Waals surface area contributed by atoms with Crippen molar-refractivity contribution in [3.8, 4) is 0 Å². The van der Waals surface area contributed by atoms with Crippen LogP contribution < -0.4 is 10.0 Å². The van der Waals surface area contributed by atoms with Crippen LogP contribution >= 0.6 is 0 Å². The van der Waals surface area contributed by atoms with Crippen LogP contribution in [0.2, 0.25) is 0 Å². The molecule has 0 unspecified atom stereocenters. The molecule has 0 saturated heterocycles. The predicted molar refractivity (Wildman–Crippen MR) is 91.2 cm³/mol. The molecule has 138 valence electrons. The summed E-state index contributed by atoms with van der Waals surface area (Å²) >= 11 is 0. The Morgan fingerprint density at radius 3 is 2.46 bits per heavy atom. The van der Waals surface area contributed by atoms with Gasteiger partial charge in [-0.1, -0.05) is 24.3 Å². The van der Waals surface area contributed by atoms with Gasteiger partial charge in [0.2, 0.25) is 0 Å². The lowest BCUT2D eigenvalue weighted by Gasteiger charge is -2.13. The molecule has 0 heterocycles. The topological polar surface area (TPSA) is 75.3 Å². The summed E-state index contributed by atoms with van der Waals surface area (Å²) in [7, 11) is -4.32. The summed E-state index contributed by atoms with van der Waals surface area (Å²) in [5.74, 6) is -0.549. The number of rotatable bonds is 6. The highest BCUT2D eigenvalue weighted by Crippen LogP contribution is 2.31. The zero-order chi connectivity index (χ0) is 19.4. The molecule has 0 bridgehead atoms. The van der Waals surface area contributed by atoms with Crippen molar-refractivity contribution in [1.29, 1.82) is 0 Å². The molecule has 26 heavy (non-hydrogen) atoms. The van der Waals surface area contributed by atoms with E-state index in [0.717, 1.165) is 18.2 Å². The Labute approximate surface area is 148 Å². The van der Waals surface area contributed by atoms with Crippen LogP contribution in [0.25, 0.3) is 0 Å². The summed E-state index contributed by atoms with van der Waals surface area (Å²) in [6, 6.07) is 9.10. The van der Waals surface area contributed by atoms with Gasteiger partial charge in [-0.05, 0) is 30.3 Å². The zero-order valence-corrected chi connectivity index (χ0v) is 14.2. The van der Waals surface area contributed by atoms with Crippen molar-refractivity contribution in [3.63, 3.8) is 0 Å². The van der Waals surface area contributed by atoms with E-state index < -0.39 is 32.6 Å². The molecule has 2 rings (SSSR count). The molecular weight excluding hydrogens is 369 g/mol. The highest BCUT2D eigenvalue weighted by atomic mass is 32.2. The van der Waals surface area contributed by atoms with Gasteiger partial charge in [0.1, 0.15) is 0 Å². The van der Waals surface area contributed by atoms with Crippen LogP contribution in [0.5, 0.6) is 0 Å². The highest BCUT2D eigenvalue weighted by molar-refractivity contribution is 7.92. The number of amides is 1. The molecule has 0 saturated carbocycles. The fourth-order valence-electron chi connectivity index (χ4n) is 2.07. The number of alkyl halides is 3. The molecule has 0 radical (unpaired) electrons. The maximum atomic E-state index is 12.8. The Kier molecular flexibility index (Phi) is 5.71. The number of carbonyl (C=O) groups excluding carboxylic acids is 1. The first-order valence-corrected chi connectivity index (χ1v) is 8.81. The van der Waals surface area contributed by atoms with Gasteiger partial charge in [-0.15, -0.1) is 6.58 Å². The maximum Gasteiger partial charge on any atom is 0.416 e. The minimum atomic E-state index is -4.67. The Hall–Kier alpha value is -2.81. The van der Waals surface area contributed by atoms with Crippen molar-refractivity contribution in [2.24, 2.45) is 0 Å². The summed E-state index contributed by atoms with van der Waals surface area (Å²) in [6.07, 6.45) is -3.22. The molecule has 0 aliphatic heterocycles. The third kappa shape index (κ3) is 4.63. The van der Waals surface area contributed by atoms with Crippen molar-refractivity contribution >= 4 is 21.6 Å². The molecule has 0 aliphatic carbocycles. The van der Waals surface area contributed by atoms with E-state index in [-0.39, 0.29) is 17.8 Å². The third-order valence-corrected chi connectivity index (χ3v) is 4.66. The van der Waals surface area contributed by atoms with E-state index in [4.69, 9.17) is 0 Å². The van der Waals surface area contributed by atoms with Crippen LogP contribution in [0.1, 0.15) is 15.9 Å². The van der Waals surface area contributed by atoms with Crippen LogP contribution in [-0.2, 0) is 16.2 Å². The first-order chi connectivity index (χ1) is 12.1. The number of para-hydroxylation sites is 1. The summed E-state index contributed by atoms with van der Waals surface area (Å²) in [6.45, 7) is 3.63. The van der Waals surface area contributed by atoms with E-state index in [1.807, 2.05) is 0 Å². The number of hydrogen-bond donors (Lipinski definition) is 2. The summed E-state index contributed by atoms with van der Waals surface area (Å²) in [5.41, 5.74) is -1.10. The summed E-state index contributed by atoms with van der Waals surface area (Å²) in [5, 5.41) is 2.50. The second kappa shape index (κ2) is 7.61. The molecule has 0 spiro atoms. The molecule has 0 aliphatic rings. The number of nitrogens with one attached hydrogen (secondary N) is 2. The second-order valence-electron chi connectivity index (χ2n) is 5.18. The van der Waals surface area contributed by atoms with Gasteiger partial charge in [-0.2, -0.15) is 13.2 Å². The highest BCUT2D eigenvalue weighted by Gasteiger charge is 2.31. The number of benzene rings is 2. The lowest BCUT2D eigenvalue weighted by molar-refractivity contribution is -0.137. The zero-order valence-electron chi connectivity index (χ0n) is 13.4. The molecule has 0 aromatic heterocycles. The number of sulfonamides is 1. The average molecular weight is 384 g/mol. The molecule has 1 amide bonds. The molecule has 2 aromatic carbocycles. The van der Waals surface area contributed by atoms with E-state index in [0.29, 0.717) is 6.07 Å². The fraction of sp³-hybridized carbons (Fsp3) is 0.118. The lowest BCUT2D eigenvalue weighted by atomic mass is 10.1. The van der Waals surface area contributed by atoms with E-state index in [2.05, 4.69) is 16.6 Å². The predicted octanol–water partition coefficient (Wildman–Crippen LogP) is 3.42. The summed E-state index contributed by atoms with van der Waals surface area (Å²) < 4.78 is 65.4. The lowest BCUT2D eigenvalue weighted by Crippen LogP contribution is -2.25. The van der Waals surface area contributed by atoms with Gasteiger partial charge in [-0.25, -0.2) is 8.42 Å². The molecule has 2 aromatic rings. The van der Waals surface area contributed by atoms with Gasteiger partial charge in [0.25, 0.3) is 15.9 Å². The molecule has 9 heteroatoms. The number of anilines is 1. The second-order valence-corrected chi connectivity index (χ2v) is 6.86. The van der Waals surface area contributed by atoms with Gasteiger partial charge >= 0.3 is 6.18 Å². The minimum Gasteiger partial charge on any atom is -0.349 e. The quantitative estimate of drug-likeness (QED) is 0.750. The van der Waals surface area contributed by atoms with Crippen molar-refractivity contribution in [1.82, 2.24) is 5.32 Å². The van der Waals surface area contributed by atoms with Gasteiger partial charge in [0.05, 0.1) is 21.7 Å². The van der Waals surface area contributed by atoms with Crippen LogP contribution in [0, 0.1) is 0 Å². The molecule has 0 fully saturated rings. The Balaban J connectivity index is 2.36. The SMILES string of the molecule is C=CCNC(=O)c1ccccc1NS(=O)(=O)c1cccc(C(F)(F)F)c1. The average Bonchev–Trinajstić information content (AvgIpc) is 2.59. The number of carbonyl (C=O) groups is 1. The van der Waals surface area contributed by atoms with Crippen LogP contribution in [0.3, 0.4) is 0 Å². The van der Waals surface area contributed by atoms with Crippen molar-refractivity contribution in [2.45, 2.75) is 11.1 Å². The normalized spacial score (nSPS) is 11.7. The molecule has 0 atom stereocenters. The minimum absolute atomic E-state index is 0.0323. The van der Waals surface area contributed by atoms with Gasteiger partial charge in [0.15, 0.2) is 0 Å². The standard InChI is InChI=1S/C17H15F3N2O3S/c1-2-10-21-16(23)14-8-3-4-9-15(14)22-26(24,25)13-7-5-6-12(11-13)17(18,19)20/h2-9,11,22H,1,10H2,(H,21,23). The first kappa shape index (κ1) is 19.5.